The van der Waals surface area contributed by atoms with Crippen molar-refractivity contribution in [2.45, 2.75) is 32.7 Å². The van der Waals surface area contributed by atoms with E-state index in [1.54, 1.807) is 0 Å². The first-order valence-electron chi connectivity index (χ1n) is 10.4. The second-order valence-electron chi connectivity index (χ2n) is 8.11. The molecule has 0 spiro atoms. The first kappa shape index (κ1) is 20.6. The number of aryl methyl sites for hydroxylation is 1. The summed E-state index contributed by atoms with van der Waals surface area (Å²) in [6, 6.07) is 9.20. The number of hydrogen-bond acceptors (Lipinski definition) is 4. The van der Waals surface area contributed by atoms with Gasteiger partial charge < -0.3 is 15.0 Å². The third-order valence-electron chi connectivity index (χ3n) is 6.12. The molecule has 0 saturated carbocycles. The standard InChI is InChI=1S/C22H34N4O2/c1-16-7-9-18(10-8-16)20(25-11-5-6-12-25)13-24-22(23-3)26-14-17(2)19(15-26)21(27)28-4/h7-10,17,19-20H,5-6,11-15H2,1-4H3,(H,23,24). The molecule has 2 heterocycles. The van der Waals surface area contributed by atoms with Crippen LogP contribution in [0.5, 0.6) is 0 Å². The van der Waals surface area contributed by atoms with Gasteiger partial charge in [0.2, 0.25) is 0 Å². The molecule has 6 heteroatoms. The van der Waals surface area contributed by atoms with Crippen molar-refractivity contribution in [2.24, 2.45) is 16.8 Å². The van der Waals surface area contributed by atoms with Crippen LogP contribution in [0, 0.1) is 18.8 Å². The Bertz CT molecular complexity index is 682. The zero-order valence-electron chi connectivity index (χ0n) is 17.6. The average Bonchev–Trinajstić information content (AvgIpc) is 3.36. The number of carbonyl (C=O) groups excluding carboxylic acids is 1. The number of aliphatic imine (C=N–C) groups is 1. The summed E-state index contributed by atoms with van der Waals surface area (Å²) in [5.41, 5.74) is 2.63. The fourth-order valence-electron chi connectivity index (χ4n) is 4.42. The molecule has 0 aromatic heterocycles. The van der Waals surface area contributed by atoms with Gasteiger partial charge >= 0.3 is 5.97 Å². The van der Waals surface area contributed by atoms with Crippen LogP contribution in [0.2, 0.25) is 0 Å². The van der Waals surface area contributed by atoms with Gasteiger partial charge in [-0.15, -0.1) is 0 Å². The Morgan fingerprint density at radius 3 is 2.54 bits per heavy atom. The van der Waals surface area contributed by atoms with E-state index >= 15 is 0 Å². The summed E-state index contributed by atoms with van der Waals surface area (Å²) >= 11 is 0. The molecule has 2 aliphatic rings. The van der Waals surface area contributed by atoms with E-state index in [-0.39, 0.29) is 17.8 Å². The minimum atomic E-state index is -0.125. The highest BCUT2D eigenvalue weighted by atomic mass is 16.5. The van der Waals surface area contributed by atoms with E-state index in [1.807, 2.05) is 7.05 Å². The van der Waals surface area contributed by atoms with Crippen LogP contribution in [-0.2, 0) is 9.53 Å². The number of hydrogen-bond donors (Lipinski definition) is 1. The number of ether oxygens (including phenoxy) is 1. The molecule has 154 valence electrons. The largest absolute Gasteiger partial charge is 0.469 e. The lowest BCUT2D eigenvalue weighted by Gasteiger charge is -2.30. The summed E-state index contributed by atoms with van der Waals surface area (Å²) in [5, 5.41) is 3.58. The molecule has 0 amide bonds. The molecule has 2 saturated heterocycles. The van der Waals surface area contributed by atoms with Crippen LogP contribution in [-0.4, -0.2) is 68.6 Å². The van der Waals surface area contributed by atoms with Crippen LogP contribution < -0.4 is 5.32 Å². The van der Waals surface area contributed by atoms with Crippen molar-refractivity contribution in [3.05, 3.63) is 35.4 Å². The molecular formula is C22H34N4O2. The van der Waals surface area contributed by atoms with Crippen molar-refractivity contribution in [3.63, 3.8) is 0 Å². The predicted octanol–water partition coefficient (Wildman–Crippen LogP) is 2.45. The Labute approximate surface area is 168 Å². The highest BCUT2D eigenvalue weighted by Gasteiger charge is 2.37. The summed E-state index contributed by atoms with van der Waals surface area (Å²) in [6.07, 6.45) is 2.53. The van der Waals surface area contributed by atoms with E-state index in [4.69, 9.17) is 4.74 Å². The number of nitrogens with zero attached hydrogens (tertiary/aromatic N) is 3. The number of guanidine groups is 1. The molecule has 2 fully saturated rings. The Morgan fingerprint density at radius 1 is 1.25 bits per heavy atom. The first-order chi connectivity index (χ1) is 13.5. The Balaban J connectivity index is 1.67. The molecule has 3 unspecified atom stereocenters. The lowest BCUT2D eigenvalue weighted by atomic mass is 9.99. The molecular weight excluding hydrogens is 352 g/mol. The van der Waals surface area contributed by atoms with E-state index < -0.39 is 0 Å². The minimum Gasteiger partial charge on any atom is -0.469 e. The Kier molecular flexibility index (Phi) is 6.94. The first-order valence-corrected chi connectivity index (χ1v) is 10.4. The predicted molar refractivity (Wildman–Crippen MR) is 112 cm³/mol. The van der Waals surface area contributed by atoms with E-state index in [9.17, 15) is 4.79 Å². The molecule has 3 atom stereocenters. The van der Waals surface area contributed by atoms with Gasteiger partial charge in [-0.1, -0.05) is 36.8 Å². The highest BCUT2D eigenvalue weighted by molar-refractivity contribution is 5.82. The Morgan fingerprint density at radius 2 is 1.93 bits per heavy atom. The van der Waals surface area contributed by atoms with Gasteiger partial charge in [0.1, 0.15) is 0 Å². The number of likely N-dealkylation sites (tertiary alicyclic amines) is 2. The molecule has 1 N–H and O–H groups in total. The van der Waals surface area contributed by atoms with E-state index in [1.165, 1.54) is 31.1 Å². The summed E-state index contributed by atoms with van der Waals surface area (Å²) in [7, 11) is 3.28. The average molecular weight is 387 g/mol. The zero-order valence-corrected chi connectivity index (χ0v) is 17.6. The number of methoxy groups -OCH3 is 1. The van der Waals surface area contributed by atoms with Crippen LogP contribution in [0.4, 0.5) is 0 Å². The molecule has 1 aromatic carbocycles. The van der Waals surface area contributed by atoms with Crippen LogP contribution in [0.25, 0.3) is 0 Å². The summed E-state index contributed by atoms with van der Waals surface area (Å²) in [4.78, 5) is 21.3. The molecule has 28 heavy (non-hydrogen) atoms. The van der Waals surface area contributed by atoms with Crippen molar-refractivity contribution in [2.75, 3.05) is 46.9 Å². The van der Waals surface area contributed by atoms with Gasteiger partial charge in [0.25, 0.3) is 0 Å². The van der Waals surface area contributed by atoms with Gasteiger partial charge in [-0.25, -0.2) is 0 Å². The topological polar surface area (TPSA) is 57.2 Å². The molecule has 0 aliphatic carbocycles. The van der Waals surface area contributed by atoms with Gasteiger partial charge in [-0.2, -0.15) is 0 Å². The smallest absolute Gasteiger partial charge is 0.310 e. The van der Waals surface area contributed by atoms with Crippen LogP contribution >= 0.6 is 0 Å². The van der Waals surface area contributed by atoms with Gasteiger partial charge in [-0.3, -0.25) is 14.7 Å². The normalized spacial score (nSPS) is 24.4. The third-order valence-corrected chi connectivity index (χ3v) is 6.12. The zero-order chi connectivity index (χ0) is 20.1. The minimum absolute atomic E-state index is 0.0879. The van der Waals surface area contributed by atoms with Crippen LogP contribution in [0.15, 0.2) is 29.3 Å². The summed E-state index contributed by atoms with van der Waals surface area (Å²) in [5.74, 6) is 0.919. The van der Waals surface area contributed by atoms with E-state index in [0.717, 1.165) is 32.1 Å². The molecule has 0 radical (unpaired) electrons. The highest BCUT2D eigenvalue weighted by Crippen LogP contribution is 2.26. The number of benzene rings is 1. The maximum atomic E-state index is 12.0. The van der Waals surface area contributed by atoms with Crippen molar-refractivity contribution in [3.8, 4) is 0 Å². The van der Waals surface area contributed by atoms with Gasteiger partial charge in [0.15, 0.2) is 5.96 Å². The third kappa shape index (κ3) is 4.66. The van der Waals surface area contributed by atoms with Crippen LogP contribution in [0.1, 0.15) is 36.9 Å². The number of nitrogens with one attached hydrogen (secondary N) is 1. The van der Waals surface area contributed by atoms with E-state index in [2.05, 4.69) is 58.2 Å². The van der Waals surface area contributed by atoms with E-state index in [0.29, 0.717) is 12.6 Å². The summed E-state index contributed by atoms with van der Waals surface area (Å²) < 4.78 is 4.97. The monoisotopic (exact) mass is 386 g/mol. The lowest BCUT2D eigenvalue weighted by Crippen LogP contribution is -2.44. The molecule has 1 aromatic rings. The number of rotatable bonds is 5. The fraction of sp³-hybridized carbons (Fsp3) is 0.636. The quantitative estimate of drug-likeness (QED) is 0.479. The molecule has 2 aliphatic heterocycles. The van der Waals surface area contributed by atoms with Crippen LogP contribution in [0.3, 0.4) is 0 Å². The Hall–Kier alpha value is -2.08. The maximum absolute atomic E-state index is 12.0. The summed E-state index contributed by atoms with van der Waals surface area (Å²) in [6.45, 7) is 8.80. The van der Waals surface area contributed by atoms with Gasteiger partial charge in [-0.05, 0) is 44.3 Å². The maximum Gasteiger partial charge on any atom is 0.310 e. The van der Waals surface area contributed by atoms with Crippen molar-refractivity contribution in [1.29, 1.82) is 0 Å². The van der Waals surface area contributed by atoms with Gasteiger partial charge in [0, 0.05) is 26.7 Å². The molecule has 0 bridgehead atoms. The second-order valence-corrected chi connectivity index (χ2v) is 8.11. The molecule has 3 rings (SSSR count). The number of esters is 1. The van der Waals surface area contributed by atoms with Crippen molar-refractivity contribution in [1.82, 2.24) is 15.1 Å². The fourth-order valence-corrected chi connectivity index (χ4v) is 4.42. The van der Waals surface area contributed by atoms with Crippen molar-refractivity contribution >= 4 is 11.9 Å². The SMILES string of the molecule is CN=C(NCC(c1ccc(C)cc1)N1CCCC1)N1CC(C)C(C(=O)OC)C1. The second kappa shape index (κ2) is 9.41. The lowest BCUT2D eigenvalue weighted by molar-refractivity contribution is -0.145. The number of carbonyl (C=O) groups is 1. The molecule has 6 nitrogen and oxygen atoms in total. The van der Waals surface area contributed by atoms with Crippen molar-refractivity contribution < 1.29 is 9.53 Å². The van der Waals surface area contributed by atoms with Gasteiger partial charge in [0.05, 0.1) is 19.1 Å².